The SMILES string of the molecule is CNc1cncc(NCC2CCCS2)c1. The smallest absolute Gasteiger partial charge is 0.0547 e. The van der Waals surface area contributed by atoms with E-state index in [1.165, 1.54) is 18.6 Å². The summed E-state index contributed by atoms with van der Waals surface area (Å²) in [4.78, 5) is 4.17. The van der Waals surface area contributed by atoms with E-state index in [4.69, 9.17) is 0 Å². The van der Waals surface area contributed by atoms with Gasteiger partial charge in [-0.05, 0) is 24.7 Å². The second kappa shape index (κ2) is 5.26. The molecule has 4 heteroatoms. The van der Waals surface area contributed by atoms with E-state index in [1.807, 2.05) is 19.4 Å². The Morgan fingerprint density at radius 3 is 3.07 bits per heavy atom. The summed E-state index contributed by atoms with van der Waals surface area (Å²) in [5.74, 6) is 1.32. The van der Waals surface area contributed by atoms with Gasteiger partial charge in [-0.15, -0.1) is 0 Å². The number of rotatable bonds is 4. The van der Waals surface area contributed by atoms with E-state index >= 15 is 0 Å². The third-order valence-electron chi connectivity index (χ3n) is 2.58. The van der Waals surface area contributed by atoms with Crippen LogP contribution < -0.4 is 10.6 Å². The lowest BCUT2D eigenvalue weighted by Crippen LogP contribution is -2.13. The molecule has 1 aliphatic rings. The van der Waals surface area contributed by atoms with Gasteiger partial charge in [0.25, 0.3) is 0 Å². The lowest BCUT2D eigenvalue weighted by molar-refractivity contribution is 0.805. The molecule has 0 radical (unpaired) electrons. The fraction of sp³-hybridized carbons (Fsp3) is 0.545. The van der Waals surface area contributed by atoms with Crippen molar-refractivity contribution in [3.63, 3.8) is 0 Å². The largest absolute Gasteiger partial charge is 0.387 e. The van der Waals surface area contributed by atoms with Gasteiger partial charge in [-0.25, -0.2) is 0 Å². The molecule has 2 heterocycles. The summed E-state index contributed by atoms with van der Waals surface area (Å²) < 4.78 is 0. The molecular formula is C11H17N3S. The van der Waals surface area contributed by atoms with Crippen LogP contribution in [0.3, 0.4) is 0 Å². The van der Waals surface area contributed by atoms with E-state index < -0.39 is 0 Å². The Kier molecular flexibility index (Phi) is 3.72. The molecule has 15 heavy (non-hydrogen) atoms. The number of hydrogen-bond donors (Lipinski definition) is 2. The maximum absolute atomic E-state index is 4.17. The highest BCUT2D eigenvalue weighted by atomic mass is 32.2. The van der Waals surface area contributed by atoms with Crippen molar-refractivity contribution in [1.82, 2.24) is 4.98 Å². The minimum Gasteiger partial charge on any atom is -0.387 e. The standard InChI is InChI=1S/C11H17N3S/c1-12-9-5-10(7-13-6-9)14-8-11-3-2-4-15-11/h5-7,11-12,14H,2-4,8H2,1H3. The van der Waals surface area contributed by atoms with Crippen LogP contribution in [0.5, 0.6) is 0 Å². The van der Waals surface area contributed by atoms with E-state index in [9.17, 15) is 0 Å². The van der Waals surface area contributed by atoms with Crippen molar-refractivity contribution < 1.29 is 0 Å². The third kappa shape index (κ3) is 3.02. The molecule has 82 valence electrons. The molecule has 0 amide bonds. The van der Waals surface area contributed by atoms with Crippen molar-refractivity contribution >= 4 is 23.1 Å². The van der Waals surface area contributed by atoms with Crippen LogP contribution in [0.25, 0.3) is 0 Å². The molecule has 1 atom stereocenters. The first-order valence-corrected chi connectivity index (χ1v) is 6.41. The summed E-state index contributed by atoms with van der Waals surface area (Å²) in [7, 11) is 1.91. The highest BCUT2D eigenvalue weighted by Gasteiger charge is 2.14. The molecular weight excluding hydrogens is 206 g/mol. The van der Waals surface area contributed by atoms with Crippen LogP contribution in [0, 0.1) is 0 Å². The molecule has 1 aromatic rings. The van der Waals surface area contributed by atoms with Crippen molar-refractivity contribution in [2.24, 2.45) is 0 Å². The van der Waals surface area contributed by atoms with E-state index in [2.05, 4.69) is 33.4 Å². The predicted octanol–water partition coefficient (Wildman–Crippen LogP) is 2.43. The minimum atomic E-state index is 0.781. The zero-order valence-electron chi connectivity index (χ0n) is 8.99. The van der Waals surface area contributed by atoms with Gasteiger partial charge in [0.15, 0.2) is 0 Å². The zero-order chi connectivity index (χ0) is 10.5. The van der Waals surface area contributed by atoms with Gasteiger partial charge in [-0.3, -0.25) is 4.98 Å². The van der Waals surface area contributed by atoms with E-state index in [1.54, 1.807) is 0 Å². The minimum absolute atomic E-state index is 0.781. The Morgan fingerprint density at radius 2 is 2.33 bits per heavy atom. The van der Waals surface area contributed by atoms with Crippen molar-refractivity contribution in [3.8, 4) is 0 Å². The summed E-state index contributed by atoms with van der Waals surface area (Å²) in [6.45, 7) is 1.06. The van der Waals surface area contributed by atoms with Gasteiger partial charge in [0, 0.05) is 18.8 Å². The molecule has 1 fully saturated rings. The van der Waals surface area contributed by atoms with Gasteiger partial charge in [0.05, 0.1) is 23.8 Å². The number of aromatic nitrogens is 1. The summed E-state index contributed by atoms with van der Waals surface area (Å²) >= 11 is 2.07. The maximum Gasteiger partial charge on any atom is 0.0547 e. The number of anilines is 2. The number of thioether (sulfide) groups is 1. The molecule has 2 rings (SSSR count). The van der Waals surface area contributed by atoms with Crippen LogP contribution in [0.2, 0.25) is 0 Å². The Labute approximate surface area is 95.1 Å². The van der Waals surface area contributed by atoms with Crippen molar-refractivity contribution in [2.75, 3.05) is 30.0 Å². The second-order valence-corrected chi connectivity index (χ2v) is 5.14. The van der Waals surface area contributed by atoms with Gasteiger partial charge >= 0.3 is 0 Å². The number of nitrogens with one attached hydrogen (secondary N) is 2. The molecule has 0 bridgehead atoms. The van der Waals surface area contributed by atoms with Crippen LogP contribution in [-0.2, 0) is 0 Å². The summed E-state index contributed by atoms with van der Waals surface area (Å²) in [6, 6.07) is 2.09. The van der Waals surface area contributed by atoms with Gasteiger partial charge < -0.3 is 10.6 Å². The van der Waals surface area contributed by atoms with Crippen LogP contribution in [0.15, 0.2) is 18.5 Å². The summed E-state index contributed by atoms with van der Waals surface area (Å²) in [5, 5.41) is 7.31. The fourth-order valence-corrected chi connectivity index (χ4v) is 2.91. The summed E-state index contributed by atoms with van der Waals surface area (Å²) in [6.07, 6.45) is 6.42. The molecule has 1 aromatic heterocycles. The van der Waals surface area contributed by atoms with Crippen molar-refractivity contribution in [3.05, 3.63) is 18.5 Å². The van der Waals surface area contributed by atoms with Crippen LogP contribution in [0.1, 0.15) is 12.8 Å². The molecule has 1 saturated heterocycles. The predicted molar refractivity (Wildman–Crippen MR) is 67.8 cm³/mol. The van der Waals surface area contributed by atoms with E-state index in [-0.39, 0.29) is 0 Å². The second-order valence-electron chi connectivity index (χ2n) is 3.73. The number of pyridine rings is 1. The van der Waals surface area contributed by atoms with Crippen LogP contribution >= 0.6 is 11.8 Å². The van der Waals surface area contributed by atoms with Crippen molar-refractivity contribution in [1.29, 1.82) is 0 Å². The van der Waals surface area contributed by atoms with Gasteiger partial charge in [0.1, 0.15) is 0 Å². The average molecular weight is 223 g/mol. The molecule has 0 spiro atoms. The molecule has 1 unspecified atom stereocenters. The third-order valence-corrected chi connectivity index (χ3v) is 3.98. The fourth-order valence-electron chi connectivity index (χ4n) is 1.71. The van der Waals surface area contributed by atoms with Crippen molar-refractivity contribution in [2.45, 2.75) is 18.1 Å². The lowest BCUT2D eigenvalue weighted by atomic mass is 10.2. The monoisotopic (exact) mass is 223 g/mol. The molecule has 2 N–H and O–H groups in total. The maximum atomic E-state index is 4.17. The molecule has 0 aromatic carbocycles. The first kappa shape index (κ1) is 10.6. The molecule has 3 nitrogen and oxygen atoms in total. The van der Waals surface area contributed by atoms with Crippen LogP contribution in [0.4, 0.5) is 11.4 Å². The highest BCUT2D eigenvalue weighted by Crippen LogP contribution is 2.26. The molecule has 1 aliphatic heterocycles. The topological polar surface area (TPSA) is 37.0 Å². The lowest BCUT2D eigenvalue weighted by Gasteiger charge is -2.11. The first-order valence-electron chi connectivity index (χ1n) is 5.37. The quantitative estimate of drug-likeness (QED) is 0.822. The normalized spacial score (nSPS) is 20.2. The molecule has 0 aliphatic carbocycles. The zero-order valence-corrected chi connectivity index (χ0v) is 9.81. The number of hydrogen-bond acceptors (Lipinski definition) is 4. The van der Waals surface area contributed by atoms with Gasteiger partial charge in [-0.1, -0.05) is 0 Å². The van der Waals surface area contributed by atoms with E-state index in [0.717, 1.165) is 23.2 Å². The first-order chi connectivity index (χ1) is 7.38. The van der Waals surface area contributed by atoms with Gasteiger partial charge in [0.2, 0.25) is 0 Å². The Morgan fingerprint density at radius 1 is 1.47 bits per heavy atom. The Balaban J connectivity index is 1.86. The average Bonchev–Trinajstić information content (AvgIpc) is 2.79. The molecule has 0 saturated carbocycles. The van der Waals surface area contributed by atoms with Crippen LogP contribution in [-0.4, -0.2) is 29.6 Å². The Bertz CT molecular complexity index is 310. The van der Waals surface area contributed by atoms with Gasteiger partial charge in [-0.2, -0.15) is 11.8 Å². The van der Waals surface area contributed by atoms with E-state index in [0.29, 0.717) is 0 Å². The number of nitrogens with zero attached hydrogens (tertiary/aromatic N) is 1. The summed E-state index contributed by atoms with van der Waals surface area (Å²) in [5.41, 5.74) is 2.16. The highest BCUT2D eigenvalue weighted by molar-refractivity contribution is 8.00. The Hall–Kier alpha value is -0.900.